The monoisotopic (exact) mass is 395 g/mol. The molecular weight excluding hydrogens is 373 g/mol. The largest absolute Gasteiger partial charge is 0.506 e. The van der Waals surface area contributed by atoms with Crippen molar-refractivity contribution >= 4 is 13.7 Å². The predicted octanol–water partition coefficient (Wildman–Crippen LogP) is 2.32. The highest BCUT2D eigenvalue weighted by molar-refractivity contribution is 7.52. The maximum Gasteiger partial charge on any atom is 0.459 e. The zero-order chi connectivity index (χ0) is 20.0. The van der Waals surface area contributed by atoms with Crippen molar-refractivity contribution < 1.29 is 28.6 Å². The van der Waals surface area contributed by atoms with Crippen LogP contribution in [0, 0.1) is 6.92 Å². The third-order valence-electron chi connectivity index (χ3n) is 3.72. The van der Waals surface area contributed by atoms with Gasteiger partial charge in [0.1, 0.15) is 17.5 Å². The van der Waals surface area contributed by atoms with Crippen molar-refractivity contribution in [3.05, 3.63) is 53.3 Å². The van der Waals surface area contributed by atoms with Crippen LogP contribution in [-0.4, -0.2) is 27.2 Å². The number of aryl methyl sites for hydroxylation is 1. The van der Waals surface area contributed by atoms with E-state index in [2.05, 4.69) is 10.1 Å². The summed E-state index contributed by atoms with van der Waals surface area (Å²) in [7, 11) is -4.06. The van der Waals surface area contributed by atoms with Crippen molar-refractivity contribution in [1.82, 2.24) is 10.1 Å². The van der Waals surface area contributed by atoms with Gasteiger partial charge in [-0.1, -0.05) is 18.2 Å². The van der Waals surface area contributed by atoms with Gasteiger partial charge in [0.25, 0.3) is 0 Å². The number of aromatic nitrogens is 1. The normalized spacial score (nSPS) is 14.3. The fourth-order valence-electron chi connectivity index (χ4n) is 2.19. The summed E-state index contributed by atoms with van der Waals surface area (Å²) in [6.45, 7) is 2.71. The number of para-hydroxylation sites is 1. The van der Waals surface area contributed by atoms with Gasteiger partial charge in [-0.25, -0.2) is 4.57 Å². The summed E-state index contributed by atoms with van der Waals surface area (Å²) in [6.07, 6.45) is 1.45. The van der Waals surface area contributed by atoms with Gasteiger partial charge in [0, 0.05) is 23.9 Å². The maximum atomic E-state index is 13.1. The Morgan fingerprint density at radius 3 is 2.63 bits per heavy atom. The van der Waals surface area contributed by atoms with Crippen molar-refractivity contribution in [3.63, 3.8) is 0 Å². The van der Waals surface area contributed by atoms with Crippen LogP contribution in [-0.2, 0) is 27.0 Å². The van der Waals surface area contributed by atoms with E-state index in [0.717, 1.165) is 0 Å². The van der Waals surface area contributed by atoms with Crippen molar-refractivity contribution in [2.24, 2.45) is 5.73 Å². The quantitative estimate of drug-likeness (QED) is 0.470. The van der Waals surface area contributed by atoms with Gasteiger partial charge in [0.15, 0.2) is 0 Å². The van der Waals surface area contributed by atoms with Crippen molar-refractivity contribution in [3.8, 4) is 11.5 Å². The minimum Gasteiger partial charge on any atom is -0.506 e. The molecule has 0 saturated carbocycles. The van der Waals surface area contributed by atoms with Crippen molar-refractivity contribution in [2.45, 2.75) is 33.0 Å². The lowest BCUT2D eigenvalue weighted by Gasteiger charge is -2.22. The number of nitrogens with zero attached hydrogens (tertiary/aromatic N) is 1. The van der Waals surface area contributed by atoms with E-state index in [4.69, 9.17) is 19.9 Å². The molecule has 0 fully saturated rings. The molecule has 10 heteroatoms. The van der Waals surface area contributed by atoms with E-state index >= 15 is 0 Å². The van der Waals surface area contributed by atoms with Crippen LogP contribution in [0.2, 0.25) is 0 Å². The molecule has 9 nitrogen and oxygen atoms in total. The summed E-state index contributed by atoms with van der Waals surface area (Å²) < 4.78 is 23.9. The number of carbonyl (C=O) groups is 1. The molecule has 1 aromatic carbocycles. The zero-order valence-corrected chi connectivity index (χ0v) is 15.8. The van der Waals surface area contributed by atoms with E-state index in [9.17, 15) is 14.5 Å². The Morgan fingerprint density at radius 2 is 2.04 bits per heavy atom. The lowest BCUT2D eigenvalue weighted by atomic mass is 10.1. The second-order valence-corrected chi connectivity index (χ2v) is 7.46. The molecule has 0 bridgehead atoms. The summed E-state index contributed by atoms with van der Waals surface area (Å²) in [5, 5.41) is 21.5. The molecule has 1 heterocycles. The molecule has 2 rings (SSSR count). The third-order valence-corrected chi connectivity index (χ3v) is 5.34. The minimum absolute atomic E-state index is 0.0245. The number of rotatable bonds is 9. The Labute approximate surface area is 156 Å². The minimum atomic E-state index is -4.06. The first-order valence-corrected chi connectivity index (χ1v) is 9.66. The summed E-state index contributed by atoms with van der Waals surface area (Å²) in [6, 6.07) is 7.04. The molecule has 2 atom stereocenters. The highest BCUT2D eigenvalue weighted by Crippen LogP contribution is 2.46. The summed E-state index contributed by atoms with van der Waals surface area (Å²) in [5.74, 6) is -1.04. The van der Waals surface area contributed by atoms with Gasteiger partial charge in [-0.3, -0.25) is 14.3 Å². The second kappa shape index (κ2) is 8.96. The SMILES string of the molecule is Cc1ncc(COP(=O)(NC(C)C(=O)O)Oc2ccccc2)c(CN)c1O. The fourth-order valence-corrected chi connectivity index (χ4v) is 3.67. The second-order valence-electron chi connectivity index (χ2n) is 5.76. The number of nitrogens with one attached hydrogen (secondary N) is 1. The molecule has 2 aromatic rings. The number of benzene rings is 1. The van der Waals surface area contributed by atoms with Crippen LogP contribution >= 0.6 is 7.75 Å². The standard InChI is InChI=1S/C17H22N3O6P/c1-11-16(21)15(8-18)13(9-19-11)10-25-27(24,20-12(2)17(22)23)26-14-6-4-3-5-7-14/h3-7,9,12,21H,8,10,18H2,1-2H3,(H,20,24)(H,22,23). The average Bonchev–Trinajstić information content (AvgIpc) is 2.63. The van der Waals surface area contributed by atoms with Gasteiger partial charge in [0.05, 0.1) is 12.3 Å². The van der Waals surface area contributed by atoms with Gasteiger partial charge in [-0.05, 0) is 26.0 Å². The number of aromatic hydroxyl groups is 1. The smallest absolute Gasteiger partial charge is 0.459 e. The number of aliphatic carboxylic acids is 1. The van der Waals surface area contributed by atoms with Crippen LogP contribution in [0.4, 0.5) is 0 Å². The van der Waals surface area contributed by atoms with Gasteiger partial charge >= 0.3 is 13.7 Å². The number of hydrogen-bond acceptors (Lipinski definition) is 7. The van der Waals surface area contributed by atoms with Crippen LogP contribution in [0.5, 0.6) is 11.5 Å². The van der Waals surface area contributed by atoms with E-state index in [-0.39, 0.29) is 24.7 Å². The molecule has 2 unspecified atom stereocenters. The Balaban J connectivity index is 2.25. The summed E-state index contributed by atoms with van der Waals surface area (Å²) >= 11 is 0. The Bertz CT molecular complexity index is 846. The number of carboxylic acids is 1. The van der Waals surface area contributed by atoms with Gasteiger partial charge < -0.3 is 20.5 Å². The molecule has 0 aliphatic heterocycles. The Morgan fingerprint density at radius 1 is 1.37 bits per heavy atom. The molecule has 0 saturated heterocycles. The molecule has 0 aliphatic rings. The Kier molecular flexibility index (Phi) is 6.92. The van der Waals surface area contributed by atoms with E-state index in [0.29, 0.717) is 16.8 Å². The van der Waals surface area contributed by atoms with Crippen LogP contribution in [0.15, 0.2) is 36.5 Å². The molecule has 0 spiro atoms. The zero-order valence-electron chi connectivity index (χ0n) is 15.0. The third kappa shape index (κ3) is 5.51. The van der Waals surface area contributed by atoms with Crippen LogP contribution in [0.25, 0.3) is 0 Å². The van der Waals surface area contributed by atoms with E-state index in [1.807, 2.05) is 0 Å². The van der Waals surface area contributed by atoms with E-state index in [1.165, 1.54) is 13.1 Å². The molecular formula is C17H22N3O6P. The summed E-state index contributed by atoms with van der Waals surface area (Å²) in [4.78, 5) is 15.2. The first kappa shape index (κ1) is 20.9. The average molecular weight is 395 g/mol. The van der Waals surface area contributed by atoms with E-state index < -0.39 is 19.8 Å². The van der Waals surface area contributed by atoms with Crippen LogP contribution in [0.1, 0.15) is 23.7 Å². The lowest BCUT2D eigenvalue weighted by molar-refractivity contribution is -0.138. The lowest BCUT2D eigenvalue weighted by Crippen LogP contribution is -2.33. The van der Waals surface area contributed by atoms with Crippen molar-refractivity contribution in [2.75, 3.05) is 0 Å². The van der Waals surface area contributed by atoms with Gasteiger partial charge in [0.2, 0.25) is 0 Å². The molecule has 5 N–H and O–H groups in total. The topological polar surface area (TPSA) is 144 Å². The van der Waals surface area contributed by atoms with Gasteiger partial charge in [-0.15, -0.1) is 0 Å². The number of hydrogen-bond donors (Lipinski definition) is 4. The Hall–Kier alpha value is -2.45. The molecule has 146 valence electrons. The first-order chi connectivity index (χ1) is 12.8. The molecule has 0 radical (unpaired) electrons. The van der Waals surface area contributed by atoms with Gasteiger partial charge in [-0.2, -0.15) is 5.09 Å². The van der Waals surface area contributed by atoms with E-state index in [1.54, 1.807) is 37.3 Å². The first-order valence-electron chi connectivity index (χ1n) is 8.12. The number of pyridine rings is 1. The highest BCUT2D eigenvalue weighted by Gasteiger charge is 2.32. The summed E-state index contributed by atoms with van der Waals surface area (Å²) in [5.41, 5.74) is 6.89. The predicted molar refractivity (Wildman–Crippen MR) is 98.2 cm³/mol. The van der Waals surface area contributed by atoms with Crippen LogP contribution < -0.4 is 15.3 Å². The molecule has 27 heavy (non-hydrogen) atoms. The molecule has 0 amide bonds. The highest BCUT2D eigenvalue weighted by atomic mass is 31.2. The number of nitrogens with two attached hydrogens (primary N) is 1. The van der Waals surface area contributed by atoms with Crippen molar-refractivity contribution in [1.29, 1.82) is 0 Å². The molecule has 0 aliphatic carbocycles. The molecule has 1 aromatic heterocycles. The fraction of sp³-hybridized carbons (Fsp3) is 0.294. The number of carboxylic acid groups (broad SMARTS) is 1. The van der Waals surface area contributed by atoms with Crippen LogP contribution in [0.3, 0.4) is 0 Å². The maximum absolute atomic E-state index is 13.1.